The molecular formula is C9H13F3N2O4. The molecule has 18 heavy (non-hydrogen) atoms. The molecule has 3 fully saturated rings. The van der Waals surface area contributed by atoms with E-state index in [9.17, 15) is 18.0 Å². The van der Waals surface area contributed by atoms with Crippen LogP contribution in [0.25, 0.3) is 0 Å². The SMILES string of the molecule is COC(=O)[C@H]1NNC2CC1C2.O=C(O)C(F)(F)F. The summed E-state index contributed by atoms with van der Waals surface area (Å²) in [4.78, 5) is 20.0. The topological polar surface area (TPSA) is 87.7 Å². The van der Waals surface area contributed by atoms with Crippen molar-refractivity contribution in [1.82, 2.24) is 10.9 Å². The van der Waals surface area contributed by atoms with Crippen molar-refractivity contribution in [2.45, 2.75) is 31.1 Å². The quantitative estimate of drug-likeness (QED) is 0.583. The zero-order valence-electron chi connectivity index (χ0n) is 9.45. The van der Waals surface area contributed by atoms with Crippen LogP contribution in [0.15, 0.2) is 0 Å². The van der Waals surface area contributed by atoms with Gasteiger partial charge in [0.05, 0.1) is 7.11 Å². The maximum atomic E-state index is 11.1. The number of ether oxygens (including phenoxy) is 1. The summed E-state index contributed by atoms with van der Waals surface area (Å²) in [6.45, 7) is 0. The van der Waals surface area contributed by atoms with Crippen molar-refractivity contribution < 1.29 is 32.6 Å². The van der Waals surface area contributed by atoms with Gasteiger partial charge in [-0.15, -0.1) is 0 Å². The molecule has 2 saturated heterocycles. The first-order valence-corrected chi connectivity index (χ1v) is 5.14. The molecule has 1 atom stereocenters. The predicted molar refractivity (Wildman–Crippen MR) is 52.3 cm³/mol. The molecule has 3 N–H and O–H groups in total. The summed E-state index contributed by atoms with van der Waals surface area (Å²) in [5, 5.41) is 7.12. The fraction of sp³-hybridized carbons (Fsp3) is 0.778. The number of halogens is 3. The van der Waals surface area contributed by atoms with Gasteiger partial charge in [0, 0.05) is 6.04 Å². The lowest BCUT2D eigenvalue weighted by Gasteiger charge is -2.46. The summed E-state index contributed by atoms with van der Waals surface area (Å²) >= 11 is 0. The number of hydrogen-bond acceptors (Lipinski definition) is 5. The normalized spacial score (nSPS) is 29.4. The van der Waals surface area contributed by atoms with E-state index < -0.39 is 12.1 Å². The number of fused-ring (bicyclic) bond motifs is 2. The monoisotopic (exact) mass is 270 g/mol. The molecule has 3 aliphatic rings. The third-order valence-corrected chi connectivity index (χ3v) is 2.79. The fourth-order valence-electron chi connectivity index (χ4n) is 1.76. The Morgan fingerprint density at radius 2 is 1.78 bits per heavy atom. The van der Waals surface area contributed by atoms with E-state index in [-0.39, 0.29) is 12.0 Å². The number of carbonyl (C=O) groups excluding carboxylic acids is 1. The lowest BCUT2D eigenvalue weighted by molar-refractivity contribution is -0.192. The number of esters is 1. The van der Waals surface area contributed by atoms with Gasteiger partial charge in [-0.25, -0.2) is 10.2 Å². The molecule has 0 aromatic rings. The van der Waals surface area contributed by atoms with Crippen LogP contribution < -0.4 is 10.9 Å². The minimum absolute atomic E-state index is 0.120. The minimum atomic E-state index is -5.08. The number of alkyl halides is 3. The largest absolute Gasteiger partial charge is 0.490 e. The summed E-state index contributed by atoms with van der Waals surface area (Å²) in [6.07, 6.45) is -2.88. The third-order valence-electron chi connectivity index (χ3n) is 2.79. The number of carboxylic acid groups (broad SMARTS) is 1. The van der Waals surface area contributed by atoms with E-state index in [2.05, 4.69) is 15.6 Å². The second kappa shape index (κ2) is 5.53. The van der Waals surface area contributed by atoms with Crippen LogP contribution in [0.1, 0.15) is 12.8 Å². The second-order valence-electron chi connectivity index (χ2n) is 4.02. The van der Waals surface area contributed by atoms with Gasteiger partial charge in [0.2, 0.25) is 0 Å². The number of carbonyl (C=O) groups is 2. The highest BCUT2D eigenvalue weighted by Crippen LogP contribution is 2.33. The zero-order valence-corrected chi connectivity index (χ0v) is 9.45. The van der Waals surface area contributed by atoms with Crippen molar-refractivity contribution >= 4 is 11.9 Å². The first-order valence-electron chi connectivity index (χ1n) is 5.14. The first kappa shape index (κ1) is 14.7. The molecule has 0 radical (unpaired) electrons. The van der Waals surface area contributed by atoms with E-state index in [0.29, 0.717) is 12.0 Å². The van der Waals surface area contributed by atoms with E-state index in [1.54, 1.807) is 0 Å². The average Bonchev–Trinajstić information content (AvgIpc) is 2.26. The standard InChI is InChI=1S/C7H12N2O2.C2HF3O2/c1-11-7(10)6-4-2-5(3-4)8-9-6;3-2(4,5)1(6)7/h4-6,8-9H,2-3H2,1H3;(H,6,7)/t4?,5?,6-;/m0./s1. The van der Waals surface area contributed by atoms with E-state index in [1.807, 2.05) is 0 Å². The molecule has 0 aromatic carbocycles. The van der Waals surface area contributed by atoms with Gasteiger partial charge in [-0.05, 0) is 18.8 Å². The molecule has 1 saturated carbocycles. The molecule has 104 valence electrons. The number of aliphatic carboxylic acids is 1. The Bertz CT molecular complexity index is 326. The molecule has 0 amide bonds. The number of hydrogen-bond donors (Lipinski definition) is 3. The Hall–Kier alpha value is -1.35. The molecule has 0 aromatic heterocycles. The summed E-state index contributed by atoms with van der Waals surface area (Å²) in [5.74, 6) is -2.41. The van der Waals surface area contributed by atoms with Crippen LogP contribution >= 0.6 is 0 Å². The molecular weight excluding hydrogens is 257 g/mol. The number of nitrogens with one attached hydrogen (secondary N) is 2. The average molecular weight is 270 g/mol. The van der Waals surface area contributed by atoms with Crippen LogP contribution in [-0.2, 0) is 14.3 Å². The van der Waals surface area contributed by atoms with Crippen LogP contribution in [0.3, 0.4) is 0 Å². The van der Waals surface area contributed by atoms with Gasteiger partial charge in [-0.2, -0.15) is 13.2 Å². The number of hydrazine groups is 1. The summed E-state index contributed by atoms with van der Waals surface area (Å²) in [5.41, 5.74) is 6.01. The molecule has 2 aliphatic heterocycles. The lowest BCUT2D eigenvalue weighted by atomic mass is 9.74. The van der Waals surface area contributed by atoms with Crippen LogP contribution in [0.4, 0.5) is 13.2 Å². The maximum absolute atomic E-state index is 11.1. The Kier molecular flexibility index (Phi) is 4.52. The van der Waals surface area contributed by atoms with Gasteiger partial charge in [-0.3, -0.25) is 10.2 Å². The van der Waals surface area contributed by atoms with Crippen molar-refractivity contribution in [3.05, 3.63) is 0 Å². The van der Waals surface area contributed by atoms with Crippen LogP contribution in [0, 0.1) is 5.92 Å². The molecule has 1 aliphatic carbocycles. The second-order valence-corrected chi connectivity index (χ2v) is 4.02. The number of methoxy groups -OCH3 is 1. The predicted octanol–water partition coefficient (Wildman–Crippen LogP) is 0.0477. The Labute approximate surface area is 100 Å². The Morgan fingerprint density at radius 1 is 1.28 bits per heavy atom. The highest BCUT2D eigenvalue weighted by atomic mass is 19.4. The van der Waals surface area contributed by atoms with Gasteiger partial charge in [0.25, 0.3) is 0 Å². The lowest BCUT2D eigenvalue weighted by Crippen LogP contribution is -2.66. The summed E-state index contributed by atoms with van der Waals surface area (Å²) in [6, 6.07) is 0.464. The van der Waals surface area contributed by atoms with Gasteiger partial charge in [-0.1, -0.05) is 0 Å². The van der Waals surface area contributed by atoms with Crippen LogP contribution in [-0.4, -0.2) is 42.4 Å². The molecule has 2 heterocycles. The van der Waals surface area contributed by atoms with Gasteiger partial charge in [0.1, 0.15) is 6.04 Å². The van der Waals surface area contributed by atoms with E-state index >= 15 is 0 Å². The molecule has 2 bridgehead atoms. The van der Waals surface area contributed by atoms with Crippen molar-refractivity contribution in [2.75, 3.05) is 7.11 Å². The zero-order chi connectivity index (χ0) is 13.9. The van der Waals surface area contributed by atoms with Crippen molar-refractivity contribution in [3.63, 3.8) is 0 Å². The van der Waals surface area contributed by atoms with E-state index in [0.717, 1.165) is 12.8 Å². The van der Waals surface area contributed by atoms with Gasteiger partial charge >= 0.3 is 18.1 Å². The van der Waals surface area contributed by atoms with Crippen molar-refractivity contribution in [2.24, 2.45) is 5.92 Å². The summed E-state index contributed by atoms with van der Waals surface area (Å²) < 4.78 is 36.4. The molecule has 3 rings (SSSR count). The molecule has 9 heteroatoms. The molecule has 0 spiro atoms. The summed E-state index contributed by atoms with van der Waals surface area (Å²) in [7, 11) is 1.43. The van der Waals surface area contributed by atoms with E-state index in [1.165, 1.54) is 7.11 Å². The number of carboxylic acids is 1. The molecule has 0 unspecified atom stereocenters. The maximum Gasteiger partial charge on any atom is 0.490 e. The van der Waals surface area contributed by atoms with Crippen molar-refractivity contribution in [1.29, 1.82) is 0 Å². The molecule has 6 nitrogen and oxygen atoms in total. The van der Waals surface area contributed by atoms with Gasteiger partial charge < -0.3 is 9.84 Å². The van der Waals surface area contributed by atoms with Gasteiger partial charge in [0.15, 0.2) is 0 Å². The van der Waals surface area contributed by atoms with Crippen LogP contribution in [0.2, 0.25) is 0 Å². The fourth-order valence-corrected chi connectivity index (χ4v) is 1.76. The highest BCUT2D eigenvalue weighted by Gasteiger charge is 2.43. The third kappa shape index (κ3) is 3.57. The minimum Gasteiger partial charge on any atom is -0.475 e. The number of rotatable bonds is 1. The Balaban J connectivity index is 0.000000203. The highest BCUT2D eigenvalue weighted by molar-refractivity contribution is 5.76. The van der Waals surface area contributed by atoms with Crippen molar-refractivity contribution in [3.8, 4) is 0 Å². The Morgan fingerprint density at radius 3 is 2.06 bits per heavy atom. The first-order chi connectivity index (χ1) is 8.25. The van der Waals surface area contributed by atoms with Crippen LogP contribution in [0.5, 0.6) is 0 Å². The van der Waals surface area contributed by atoms with E-state index in [4.69, 9.17) is 9.90 Å². The smallest absolute Gasteiger partial charge is 0.475 e.